The van der Waals surface area contributed by atoms with E-state index in [0.717, 1.165) is 5.56 Å². The molecule has 0 aliphatic carbocycles. The second-order valence-corrected chi connectivity index (χ2v) is 6.83. The first-order valence-electron chi connectivity index (χ1n) is 6.25. The number of halogens is 1. The highest BCUT2D eigenvalue weighted by Crippen LogP contribution is 2.17. The second kappa shape index (κ2) is 8.33. The molecule has 1 aromatic carbocycles. The third-order valence-corrected chi connectivity index (χ3v) is 4.70. The van der Waals surface area contributed by atoms with Crippen LogP contribution in [0.15, 0.2) is 29.2 Å². The number of carbonyl (C=O) groups is 1. The summed E-state index contributed by atoms with van der Waals surface area (Å²) in [5, 5.41) is 5.59. The Hall–Kier alpha value is -1.15. The molecule has 0 heterocycles. The highest BCUT2D eigenvalue weighted by Gasteiger charge is 2.17. The summed E-state index contributed by atoms with van der Waals surface area (Å²) >= 11 is 0. The van der Waals surface area contributed by atoms with Crippen molar-refractivity contribution in [3.63, 3.8) is 0 Å². The maximum Gasteiger partial charge on any atom is 0.242 e. The molecule has 0 bridgehead atoms. The predicted octanol–water partition coefficient (Wildman–Crippen LogP) is 0.755. The van der Waals surface area contributed by atoms with Gasteiger partial charge in [0.2, 0.25) is 15.9 Å². The van der Waals surface area contributed by atoms with Gasteiger partial charge in [-0.3, -0.25) is 4.79 Å². The number of benzene rings is 1. The second-order valence-electron chi connectivity index (χ2n) is 4.68. The monoisotopic (exact) mass is 335 g/mol. The number of hydrogen-bond donors (Lipinski definition) is 2. The average molecular weight is 336 g/mol. The van der Waals surface area contributed by atoms with Crippen molar-refractivity contribution in [1.82, 2.24) is 14.9 Å². The van der Waals surface area contributed by atoms with E-state index in [1.54, 1.807) is 31.3 Å². The first-order chi connectivity index (χ1) is 9.28. The lowest BCUT2D eigenvalue weighted by atomic mass is 10.1. The number of amides is 1. The molecule has 0 saturated heterocycles. The topological polar surface area (TPSA) is 78.5 Å². The normalized spacial score (nSPS) is 12.6. The lowest BCUT2D eigenvalue weighted by molar-refractivity contribution is -0.120. The van der Waals surface area contributed by atoms with Crippen LogP contribution in [0.25, 0.3) is 0 Å². The molecule has 1 amide bonds. The minimum absolute atomic E-state index is 0. The molecule has 2 N–H and O–H groups in total. The van der Waals surface area contributed by atoms with Gasteiger partial charge in [0.25, 0.3) is 0 Å². The van der Waals surface area contributed by atoms with Crippen molar-refractivity contribution < 1.29 is 13.2 Å². The Morgan fingerprint density at radius 3 is 2.19 bits per heavy atom. The number of carbonyl (C=O) groups excluding carboxylic acids is 1. The Morgan fingerprint density at radius 1 is 1.24 bits per heavy atom. The van der Waals surface area contributed by atoms with Crippen LogP contribution >= 0.6 is 12.4 Å². The van der Waals surface area contributed by atoms with Crippen LogP contribution in [0.4, 0.5) is 0 Å². The molecule has 21 heavy (non-hydrogen) atoms. The van der Waals surface area contributed by atoms with E-state index in [0.29, 0.717) is 0 Å². The molecule has 1 atom stereocenters. The number of rotatable bonds is 6. The van der Waals surface area contributed by atoms with Gasteiger partial charge >= 0.3 is 0 Å². The van der Waals surface area contributed by atoms with Crippen LogP contribution in [-0.2, 0) is 14.8 Å². The van der Waals surface area contributed by atoms with Crippen LogP contribution in [0.2, 0.25) is 0 Å². The summed E-state index contributed by atoms with van der Waals surface area (Å²) in [6.07, 6.45) is 0. The Labute approximate surface area is 132 Å². The fraction of sp³-hybridized carbons (Fsp3) is 0.462. The molecule has 0 aliphatic rings. The quantitative estimate of drug-likeness (QED) is 0.804. The summed E-state index contributed by atoms with van der Waals surface area (Å²) in [5.41, 5.74) is 0.854. The highest BCUT2D eigenvalue weighted by atomic mass is 35.5. The summed E-state index contributed by atoms with van der Waals surface area (Å²) < 4.78 is 25.0. The van der Waals surface area contributed by atoms with Gasteiger partial charge in [0.05, 0.1) is 17.5 Å². The van der Waals surface area contributed by atoms with E-state index >= 15 is 0 Å². The highest BCUT2D eigenvalue weighted by molar-refractivity contribution is 7.89. The molecule has 0 aromatic heterocycles. The van der Waals surface area contributed by atoms with E-state index in [-0.39, 0.29) is 35.8 Å². The van der Waals surface area contributed by atoms with E-state index in [1.807, 2.05) is 6.92 Å². The number of likely N-dealkylation sites (N-methyl/N-ethyl adjacent to an activating group) is 1. The summed E-state index contributed by atoms with van der Waals surface area (Å²) in [7, 11) is 1.26. The van der Waals surface area contributed by atoms with Gasteiger partial charge < -0.3 is 10.6 Å². The van der Waals surface area contributed by atoms with Gasteiger partial charge in [-0.2, -0.15) is 0 Å². The molecule has 6 nitrogen and oxygen atoms in total. The van der Waals surface area contributed by atoms with Gasteiger partial charge in [0, 0.05) is 14.1 Å². The SMILES string of the molecule is CNCC(=O)NC(C)c1ccc(S(=O)(=O)N(C)C)cc1.Cl. The summed E-state index contributed by atoms with van der Waals surface area (Å²) in [4.78, 5) is 11.7. The van der Waals surface area contributed by atoms with Crippen molar-refractivity contribution in [2.45, 2.75) is 17.9 Å². The fourth-order valence-electron chi connectivity index (χ4n) is 1.68. The van der Waals surface area contributed by atoms with E-state index in [1.165, 1.54) is 18.4 Å². The summed E-state index contributed by atoms with van der Waals surface area (Å²) in [5.74, 6) is -0.106. The summed E-state index contributed by atoms with van der Waals surface area (Å²) in [6.45, 7) is 2.10. The minimum atomic E-state index is -3.42. The number of sulfonamides is 1. The van der Waals surface area contributed by atoms with Gasteiger partial charge in [-0.15, -0.1) is 12.4 Å². The smallest absolute Gasteiger partial charge is 0.242 e. The lowest BCUT2D eigenvalue weighted by Crippen LogP contribution is -2.33. The average Bonchev–Trinajstić information content (AvgIpc) is 2.38. The van der Waals surface area contributed by atoms with E-state index < -0.39 is 10.0 Å². The molecule has 1 aromatic rings. The van der Waals surface area contributed by atoms with Crippen molar-refractivity contribution in [3.05, 3.63) is 29.8 Å². The van der Waals surface area contributed by atoms with Gasteiger partial charge in [0.15, 0.2) is 0 Å². The van der Waals surface area contributed by atoms with Crippen molar-refractivity contribution in [1.29, 1.82) is 0 Å². The van der Waals surface area contributed by atoms with Crippen molar-refractivity contribution in [2.75, 3.05) is 27.7 Å². The zero-order chi connectivity index (χ0) is 15.3. The number of nitrogens with zero attached hydrogens (tertiary/aromatic N) is 1. The molecule has 0 spiro atoms. The van der Waals surface area contributed by atoms with Crippen molar-refractivity contribution >= 4 is 28.3 Å². The maximum atomic E-state index is 11.9. The number of nitrogens with one attached hydrogen (secondary N) is 2. The molecule has 1 rings (SSSR count). The Balaban J connectivity index is 0.00000400. The molecular formula is C13H22ClN3O3S. The molecule has 0 radical (unpaired) electrons. The Bertz CT molecular complexity index is 559. The van der Waals surface area contributed by atoms with E-state index in [4.69, 9.17) is 0 Å². The zero-order valence-electron chi connectivity index (χ0n) is 12.6. The minimum Gasteiger partial charge on any atom is -0.348 e. The molecule has 1 unspecified atom stereocenters. The largest absolute Gasteiger partial charge is 0.348 e. The van der Waals surface area contributed by atoms with Crippen LogP contribution in [0.3, 0.4) is 0 Å². The lowest BCUT2D eigenvalue weighted by Gasteiger charge is -2.16. The van der Waals surface area contributed by atoms with Gasteiger partial charge in [-0.1, -0.05) is 12.1 Å². The molecule has 0 aliphatic heterocycles. The standard InChI is InChI=1S/C13H21N3O3S.ClH/c1-10(15-13(17)9-14-2)11-5-7-12(8-6-11)20(18,19)16(3)4;/h5-8,10,14H,9H2,1-4H3,(H,15,17);1H. The zero-order valence-corrected chi connectivity index (χ0v) is 14.2. The Kier molecular flexibility index (Phi) is 7.87. The van der Waals surface area contributed by atoms with Crippen LogP contribution in [0, 0.1) is 0 Å². The van der Waals surface area contributed by atoms with Crippen LogP contribution in [0.1, 0.15) is 18.5 Å². The molecule has 0 saturated carbocycles. The molecule has 0 fully saturated rings. The first kappa shape index (κ1) is 19.9. The van der Waals surface area contributed by atoms with Crippen LogP contribution < -0.4 is 10.6 Å². The Morgan fingerprint density at radius 2 is 1.76 bits per heavy atom. The van der Waals surface area contributed by atoms with Crippen LogP contribution in [-0.4, -0.2) is 46.3 Å². The van der Waals surface area contributed by atoms with Gasteiger partial charge in [-0.05, 0) is 31.7 Å². The summed E-state index contributed by atoms with van der Waals surface area (Å²) in [6, 6.07) is 6.34. The van der Waals surface area contributed by atoms with Crippen molar-refractivity contribution in [2.24, 2.45) is 0 Å². The van der Waals surface area contributed by atoms with E-state index in [2.05, 4.69) is 10.6 Å². The maximum absolute atomic E-state index is 11.9. The number of hydrogen-bond acceptors (Lipinski definition) is 4. The third-order valence-electron chi connectivity index (χ3n) is 2.87. The third kappa shape index (κ3) is 5.28. The fourth-order valence-corrected chi connectivity index (χ4v) is 2.58. The van der Waals surface area contributed by atoms with E-state index in [9.17, 15) is 13.2 Å². The van der Waals surface area contributed by atoms with Gasteiger partial charge in [0.1, 0.15) is 0 Å². The molecular weight excluding hydrogens is 314 g/mol. The molecule has 8 heteroatoms. The van der Waals surface area contributed by atoms with Gasteiger partial charge in [-0.25, -0.2) is 12.7 Å². The predicted molar refractivity (Wildman–Crippen MR) is 85.0 cm³/mol. The first-order valence-corrected chi connectivity index (χ1v) is 7.69. The van der Waals surface area contributed by atoms with Crippen molar-refractivity contribution in [3.8, 4) is 0 Å². The molecule has 120 valence electrons. The van der Waals surface area contributed by atoms with Crippen LogP contribution in [0.5, 0.6) is 0 Å².